The molecule has 3 aromatic rings. The molecule has 0 saturated carbocycles. The Morgan fingerprint density at radius 3 is 2.25 bits per heavy atom. The molecule has 0 aromatic heterocycles. The lowest BCUT2D eigenvalue weighted by atomic mass is 10.0. The third-order valence-corrected chi connectivity index (χ3v) is 4.53. The fourth-order valence-corrected chi connectivity index (χ4v) is 2.66. The number of benzene rings is 3. The number of nitrogen functional groups attached to an aromatic ring is 1. The van der Waals surface area contributed by atoms with Gasteiger partial charge in [-0.2, -0.15) is 0 Å². The van der Waals surface area contributed by atoms with Crippen LogP contribution in [-0.2, 0) is 6.54 Å². The number of carbonyl (C=O) groups excluding carboxylic acids is 1. The molecule has 166 valence electrons. The second kappa shape index (κ2) is 11.3. The van der Waals surface area contributed by atoms with Gasteiger partial charge >= 0.3 is 0 Å². The van der Waals surface area contributed by atoms with Crippen LogP contribution in [0.5, 0.6) is 5.75 Å². The fourth-order valence-electron chi connectivity index (χ4n) is 2.66. The molecule has 0 radical (unpaired) electrons. The summed E-state index contributed by atoms with van der Waals surface area (Å²) in [5, 5.41) is 12.3. The highest BCUT2D eigenvalue weighted by Gasteiger charge is 2.16. The summed E-state index contributed by atoms with van der Waals surface area (Å²) < 4.78 is 5.06. The Hall–Kier alpha value is -4.17. The number of nitro groups is 1. The van der Waals surface area contributed by atoms with Gasteiger partial charge in [0.2, 0.25) is 0 Å². The van der Waals surface area contributed by atoms with E-state index in [0.717, 1.165) is 17.0 Å². The lowest BCUT2D eigenvalue weighted by molar-refractivity contribution is -0.384. The molecule has 0 saturated heterocycles. The smallest absolute Gasteiger partial charge is 0.270 e. The van der Waals surface area contributed by atoms with Crippen LogP contribution in [0.3, 0.4) is 0 Å². The van der Waals surface area contributed by atoms with Gasteiger partial charge in [0.1, 0.15) is 5.75 Å². The average Bonchev–Trinajstić information content (AvgIpc) is 2.80. The number of nitrogens with two attached hydrogens (primary N) is 2. The van der Waals surface area contributed by atoms with E-state index in [1.54, 1.807) is 42.5 Å². The molecule has 4 N–H and O–H groups in total. The molecule has 8 heteroatoms. The number of carbonyl (C=O) groups is 1. The van der Waals surface area contributed by atoms with Gasteiger partial charge in [-0.05, 0) is 30.7 Å². The van der Waals surface area contributed by atoms with Gasteiger partial charge in [-0.25, -0.2) is 5.84 Å². The first-order chi connectivity index (χ1) is 15.2. The largest absolute Gasteiger partial charge is 0.497 e. The van der Waals surface area contributed by atoms with Crippen LogP contribution in [0.1, 0.15) is 28.4 Å². The van der Waals surface area contributed by atoms with Crippen LogP contribution >= 0.6 is 0 Å². The van der Waals surface area contributed by atoms with Gasteiger partial charge in [-0.15, -0.1) is 0 Å². The molecule has 0 aliphatic rings. The summed E-state index contributed by atoms with van der Waals surface area (Å²) in [6, 6.07) is 20.2. The quantitative estimate of drug-likeness (QED) is 0.187. The summed E-state index contributed by atoms with van der Waals surface area (Å²) in [6.45, 7) is 6.31. The van der Waals surface area contributed by atoms with Crippen LogP contribution in [-0.4, -0.2) is 22.8 Å². The van der Waals surface area contributed by atoms with Crippen LogP contribution in [0, 0.1) is 10.1 Å². The number of nitro benzene ring substituents is 1. The van der Waals surface area contributed by atoms with Gasteiger partial charge in [-0.3, -0.25) is 14.9 Å². The van der Waals surface area contributed by atoms with Crippen molar-refractivity contribution in [3.05, 3.63) is 112 Å². The molecule has 3 aromatic carbocycles. The Bertz CT molecular complexity index is 1080. The molecule has 32 heavy (non-hydrogen) atoms. The van der Waals surface area contributed by atoms with Crippen LogP contribution in [0.4, 0.5) is 11.4 Å². The predicted molar refractivity (Wildman–Crippen MR) is 125 cm³/mol. The van der Waals surface area contributed by atoms with Gasteiger partial charge < -0.3 is 15.5 Å². The first-order valence-electron chi connectivity index (χ1n) is 9.67. The first kappa shape index (κ1) is 24.1. The van der Waals surface area contributed by atoms with E-state index in [4.69, 9.17) is 16.3 Å². The van der Waals surface area contributed by atoms with Crippen LogP contribution < -0.4 is 16.3 Å². The monoisotopic (exact) mass is 434 g/mol. The van der Waals surface area contributed by atoms with Crippen LogP contribution in [0.25, 0.3) is 0 Å². The molecular formula is C24H26N4O4. The Morgan fingerprint density at radius 2 is 1.72 bits per heavy atom. The summed E-state index contributed by atoms with van der Waals surface area (Å²) in [4.78, 5) is 22.3. The SMILES string of the molecule is C=C(C)N(N)Cc1ccc(OC)cc1.Nc1ccc([N+](=O)[O-])cc1C(=O)c1ccccc1. The molecule has 0 aliphatic heterocycles. The van der Waals surface area contributed by atoms with Gasteiger partial charge in [0.05, 0.1) is 24.1 Å². The number of hydrogen-bond acceptors (Lipinski definition) is 7. The topological polar surface area (TPSA) is 125 Å². The Morgan fingerprint density at radius 1 is 1.09 bits per heavy atom. The number of methoxy groups -OCH3 is 1. The minimum atomic E-state index is -0.554. The molecule has 0 fully saturated rings. The second-order valence-corrected chi connectivity index (χ2v) is 6.94. The van der Waals surface area contributed by atoms with E-state index >= 15 is 0 Å². The molecule has 8 nitrogen and oxygen atoms in total. The third-order valence-electron chi connectivity index (χ3n) is 4.53. The molecule has 0 atom stereocenters. The number of allylic oxidation sites excluding steroid dienone is 1. The Labute approximate surface area is 186 Å². The first-order valence-corrected chi connectivity index (χ1v) is 9.67. The number of rotatable bonds is 7. The normalized spacial score (nSPS) is 9.84. The number of non-ortho nitro benzene ring substituents is 1. The maximum atomic E-state index is 12.1. The number of ether oxygens (including phenoxy) is 1. The summed E-state index contributed by atoms with van der Waals surface area (Å²) >= 11 is 0. The molecule has 0 aliphatic carbocycles. The molecule has 0 heterocycles. The number of nitrogens with zero attached hydrogens (tertiary/aromatic N) is 2. The Balaban J connectivity index is 0.000000235. The van der Waals surface area contributed by atoms with Crippen molar-refractivity contribution in [2.24, 2.45) is 5.84 Å². The highest BCUT2D eigenvalue weighted by atomic mass is 16.6. The van der Waals surface area contributed by atoms with Crippen molar-refractivity contribution in [1.82, 2.24) is 5.01 Å². The van der Waals surface area contributed by atoms with Crippen LogP contribution in [0.15, 0.2) is 85.1 Å². The summed E-state index contributed by atoms with van der Waals surface area (Å²) in [5.41, 5.74) is 8.35. The highest BCUT2D eigenvalue weighted by Crippen LogP contribution is 2.22. The third kappa shape index (κ3) is 6.68. The van der Waals surface area contributed by atoms with Crippen molar-refractivity contribution in [3.63, 3.8) is 0 Å². The average molecular weight is 434 g/mol. The number of ketones is 1. The fraction of sp³-hybridized carbons (Fsp3) is 0.125. The maximum Gasteiger partial charge on any atom is 0.270 e. The van der Waals surface area contributed by atoms with E-state index in [9.17, 15) is 14.9 Å². The second-order valence-electron chi connectivity index (χ2n) is 6.94. The van der Waals surface area contributed by atoms with Gasteiger partial charge in [0.15, 0.2) is 5.78 Å². The summed E-state index contributed by atoms with van der Waals surface area (Å²) in [7, 11) is 1.65. The Kier molecular flexibility index (Phi) is 8.50. The van der Waals surface area contributed by atoms with E-state index in [2.05, 4.69) is 6.58 Å². The zero-order valence-electron chi connectivity index (χ0n) is 18.0. The molecule has 0 bridgehead atoms. The molecule has 3 rings (SSSR count). The van der Waals surface area contributed by atoms with Crippen molar-refractivity contribution in [1.29, 1.82) is 0 Å². The highest BCUT2D eigenvalue weighted by molar-refractivity contribution is 6.12. The zero-order chi connectivity index (χ0) is 23.7. The lowest BCUT2D eigenvalue weighted by Crippen LogP contribution is -2.27. The van der Waals surface area contributed by atoms with E-state index in [1.165, 1.54) is 18.2 Å². The van der Waals surface area contributed by atoms with Gasteiger partial charge in [0, 0.05) is 29.1 Å². The number of hydrazine groups is 1. The predicted octanol–water partition coefficient (Wildman–Crippen LogP) is 4.31. The zero-order valence-corrected chi connectivity index (χ0v) is 18.0. The van der Waals surface area contributed by atoms with E-state index in [0.29, 0.717) is 12.1 Å². The minimum absolute atomic E-state index is 0.149. The minimum Gasteiger partial charge on any atom is -0.497 e. The summed E-state index contributed by atoms with van der Waals surface area (Å²) in [6.07, 6.45) is 0. The standard InChI is InChI=1S/C13H10N2O3.C11H16N2O/c14-12-7-6-10(15(17)18)8-11(12)13(16)9-4-2-1-3-5-9;1-9(2)13(12)8-10-4-6-11(14-3)7-5-10/h1-8H,14H2;4-7H,1,8,12H2,2-3H3. The maximum absolute atomic E-state index is 12.1. The van der Waals surface area contributed by atoms with Gasteiger partial charge in [0.25, 0.3) is 5.69 Å². The lowest BCUT2D eigenvalue weighted by Gasteiger charge is -2.18. The molecule has 0 spiro atoms. The van der Waals surface area contributed by atoms with Crippen molar-refractivity contribution < 1.29 is 14.5 Å². The van der Waals surface area contributed by atoms with Crippen molar-refractivity contribution in [3.8, 4) is 5.75 Å². The molecule has 0 amide bonds. The molecular weight excluding hydrogens is 408 g/mol. The van der Waals surface area contributed by atoms with Crippen molar-refractivity contribution in [2.75, 3.05) is 12.8 Å². The van der Waals surface area contributed by atoms with Crippen LogP contribution in [0.2, 0.25) is 0 Å². The van der Waals surface area contributed by atoms with Crippen molar-refractivity contribution >= 4 is 17.2 Å². The van der Waals surface area contributed by atoms with E-state index in [-0.39, 0.29) is 22.7 Å². The van der Waals surface area contributed by atoms with Gasteiger partial charge in [-0.1, -0.05) is 49.0 Å². The summed E-state index contributed by atoms with van der Waals surface area (Å²) in [5.74, 6) is 6.25. The number of hydrogen-bond donors (Lipinski definition) is 2. The van der Waals surface area contributed by atoms with E-state index < -0.39 is 4.92 Å². The number of anilines is 1. The van der Waals surface area contributed by atoms with E-state index in [1.807, 2.05) is 31.2 Å². The van der Waals surface area contributed by atoms with Crippen molar-refractivity contribution in [2.45, 2.75) is 13.5 Å². The molecule has 0 unspecified atom stereocenters.